The minimum atomic E-state index is -0.221. The fourth-order valence-electron chi connectivity index (χ4n) is 2.63. The Labute approximate surface area is 181 Å². The summed E-state index contributed by atoms with van der Waals surface area (Å²) in [6, 6.07) is 18.7. The zero-order valence-corrected chi connectivity index (χ0v) is 19.0. The lowest BCUT2D eigenvalue weighted by molar-refractivity contribution is 0.628. The average Bonchev–Trinajstić information content (AvgIpc) is 3.33. The van der Waals surface area contributed by atoms with Crippen molar-refractivity contribution >= 4 is 5.69 Å². The summed E-state index contributed by atoms with van der Waals surface area (Å²) >= 11 is 0. The standard InChI is InChI=1S/C12H10FN.C10H12N2.2C2H6/c1-9-6-7-14-12(8-9)10-2-4-11(13)5-3-10;1-9-4-2-5-10(8-9)12-7-3-6-11-12;2*1-2/h2-8H,1H3;2-5,7-8,11H,6H2,1H3;2*1-2H3. The smallest absolute Gasteiger partial charge is 0.123 e. The summed E-state index contributed by atoms with van der Waals surface area (Å²) in [6.07, 6.45) is 5.91. The number of hydrogen-bond donors (Lipinski definition) is 1. The highest BCUT2D eigenvalue weighted by molar-refractivity contribution is 5.59. The minimum Gasteiger partial charge on any atom is -0.284 e. The molecule has 160 valence electrons. The van der Waals surface area contributed by atoms with Crippen LogP contribution in [-0.4, -0.2) is 11.5 Å². The van der Waals surface area contributed by atoms with Gasteiger partial charge < -0.3 is 0 Å². The highest BCUT2D eigenvalue weighted by atomic mass is 19.1. The van der Waals surface area contributed by atoms with Gasteiger partial charge in [0, 0.05) is 24.5 Å². The molecule has 0 saturated carbocycles. The third kappa shape index (κ3) is 8.18. The fourth-order valence-corrected chi connectivity index (χ4v) is 2.63. The Morgan fingerprint density at radius 1 is 0.867 bits per heavy atom. The quantitative estimate of drug-likeness (QED) is 0.492. The molecule has 4 heteroatoms. The Hall–Kier alpha value is -2.98. The fraction of sp³-hybridized carbons (Fsp3) is 0.269. The molecule has 1 aliphatic heterocycles. The molecule has 4 rings (SSSR count). The van der Waals surface area contributed by atoms with Gasteiger partial charge in [-0.25, -0.2) is 9.82 Å². The molecular weight excluding hydrogens is 373 g/mol. The highest BCUT2D eigenvalue weighted by Crippen LogP contribution is 2.18. The molecule has 3 nitrogen and oxygen atoms in total. The molecule has 0 unspecified atom stereocenters. The Morgan fingerprint density at radius 2 is 1.53 bits per heavy atom. The predicted octanol–water partition coefficient (Wildman–Crippen LogP) is 7.08. The van der Waals surface area contributed by atoms with Crippen molar-refractivity contribution in [2.45, 2.75) is 41.5 Å². The topological polar surface area (TPSA) is 28.2 Å². The second kappa shape index (κ2) is 14.1. The SMILES string of the molecule is CC.CC.Cc1cccc(N2C=CCN2)c1.Cc1ccnc(-c2ccc(F)cc2)c1. The summed E-state index contributed by atoms with van der Waals surface area (Å²) in [4.78, 5) is 4.22. The van der Waals surface area contributed by atoms with E-state index in [2.05, 4.69) is 53.9 Å². The molecular formula is C26H34FN3. The average molecular weight is 408 g/mol. The summed E-state index contributed by atoms with van der Waals surface area (Å²) in [6.45, 7) is 13.0. The molecule has 30 heavy (non-hydrogen) atoms. The van der Waals surface area contributed by atoms with Crippen molar-refractivity contribution in [1.82, 2.24) is 10.4 Å². The van der Waals surface area contributed by atoms with Crippen molar-refractivity contribution in [3.63, 3.8) is 0 Å². The molecule has 1 aliphatic rings. The van der Waals surface area contributed by atoms with Crippen molar-refractivity contribution in [1.29, 1.82) is 0 Å². The molecule has 0 saturated heterocycles. The number of aryl methyl sites for hydroxylation is 2. The summed E-state index contributed by atoms with van der Waals surface area (Å²) in [7, 11) is 0. The number of hydrogen-bond acceptors (Lipinski definition) is 3. The van der Waals surface area contributed by atoms with Crippen LogP contribution >= 0.6 is 0 Å². The number of rotatable bonds is 2. The normalized spacial score (nSPS) is 11.4. The third-order valence-corrected chi connectivity index (χ3v) is 3.97. The van der Waals surface area contributed by atoms with E-state index < -0.39 is 0 Å². The van der Waals surface area contributed by atoms with E-state index >= 15 is 0 Å². The Kier molecular flexibility index (Phi) is 11.8. The molecule has 0 radical (unpaired) electrons. The summed E-state index contributed by atoms with van der Waals surface area (Å²) in [5, 5.41) is 2.03. The monoisotopic (exact) mass is 407 g/mol. The van der Waals surface area contributed by atoms with Gasteiger partial charge in [0.1, 0.15) is 5.82 Å². The molecule has 0 spiro atoms. The summed E-state index contributed by atoms with van der Waals surface area (Å²) < 4.78 is 12.7. The van der Waals surface area contributed by atoms with Crippen molar-refractivity contribution in [2.24, 2.45) is 0 Å². The van der Waals surface area contributed by atoms with Gasteiger partial charge in [0.2, 0.25) is 0 Å². The van der Waals surface area contributed by atoms with Crippen LogP contribution < -0.4 is 10.4 Å². The zero-order valence-electron chi connectivity index (χ0n) is 19.0. The number of anilines is 1. The van der Waals surface area contributed by atoms with Crippen LogP contribution in [0.15, 0.2) is 79.1 Å². The van der Waals surface area contributed by atoms with E-state index in [9.17, 15) is 4.39 Å². The van der Waals surface area contributed by atoms with Gasteiger partial charge in [0.15, 0.2) is 0 Å². The molecule has 0 bridgehead atoms. The van der Waals surface area contributed by atoms with Crippen molar-refractivity contribution in [3.8, 4) is 11.3 Å². The first-order valence-corrected chi connectivity index (χ1v) is 10.6. The van der Waals surface area contributed by atoms with Crippen LogP contribution in [0.4, 0.5) is 10.1 Å². The van der Waals surface area contributed by atoms with Crippen LogP contribution in [0.3, 0.4) is 0 Å². The van der Waals surface area contributed by atoms with E-state index in [-0.39, 0.29) is 5.82 Å². The second-order valence-corrected chi connectivity index (χ2v) is 6.18. The van der Waals surface area contributed by atoms with Gasteiger partial charge in [0.25, 0.3) is 0 Å². The van der Waals surface area contributed by atoms with Gasteiger partial charge in [-0.3, -0.25) is 9.99 Å². The van der Waals surface area contributed by atoms with Gasteiger partial charge in [-0.15, -0.1) is 0 Å². The van der Waals surface area contributed by atoms with Crippen molar-refractivity contribution < 1.29 is 4.39 Å². The van der Waals surface area contributed by atoms with Crippen LogP contribution in [0.1, 0.15) is 38.8 Å². The predicted molar refractivity (Wildman–Crippen MR) is 128 cm³/mol. The van der Waals surface area contributed by atoms with Gasteiger partial charge >= 0.3 is 0 Å². The lowest BCUT2D eigenvalue weighted by Gasteiger charge is -2.16. The molecule has 3 aromatic rings. The maximum absolute atomic E-state index is 12.7. The number of nitrogens with zero attached hydrogens (tertiary/aromatic N) is 2. The van der Waals surface area contributed by atoms with E-state index in [0.717, 1.165) is 23.4 Å². The number of benzene rings is 2. The van der Waals surface area contributed by atoms with Crippen LogP contribution in [0.25, 0.3) is 11.3 Å². The third-order valence-electron chi connectivity index (χ3n) is 3.97. The Bertz CT molecular complexity index is 889. The highest BCUT2D eigenvalue weighted by Gasteiger charge is 2.04. The van der Waals surface area contributed by atoms with Gasteiger partial charge in [-0.2, -0.15) is 0 Å². The largest absolute Gasteiger partial charge is 0.284 e. The number of halogens is 1. The molecule has 0 aliphatic carbocycles. The van der Waals surface area contributed by atoms with Crippen LogP contribution in [0, 0.1) is 19.7 Å². The molecule has 1 N–H and O–H groups in total. The van der Waals surface area contributed by atoms with E-state index in [4.69, 9.17) is 0 Å². The molecule has 0 atom stereocenters. The van der Waals surface area contributed by atoms with Crippen molar-refractivity contribution in [3.05, 3.63) is 96.1 Å². The maximum Gasteiger partial charge on any atom is 0.123 e. The Balaban J connectivity index is 0.000000260. The van der Waals surface area contributed by atoms with Gasteiger partial charge in [-0.1, -0.05) is 45.9 Å². The maximum atomic E-state index is 12.7. The number of aromatic nitrogens is 1. The Morgan fingerprint density at radius 3 is 2.10 bits per heavy atom. The van der Waals surface area contributed by atoms with E-state index in [1.165, 1.54) is 23.4 Å². The van der Waals surface area contributed by atoms with E-state index in [1.54, 1.807) is 18.3 Å². The summed E-state index contributed by atoms with van der Waals surface area (Å²) in [5.74, 6) is -0.221. The van der Waals surface area contributed by atoms with E-state index in [1.807, 2.05) is 51.8 Å². The first kappa shape index (κ1) is 25.1. The zero-order chi connectivity index (χ0) is 22.4. The lowest BCUT2D eigenvalue weighted by Crippen LogP contribution is -2.28. The van der Waals surface area contributed by atoms with Crippen LogP contribution in [-0.2, 0) is 0 Å². The van der Waals surface area contributed by atoms with Crippen LogP contribution in [0.2, 0.25) is 0 Å². The number of pyridine rings is 1. The summed E-state index contributed by atoms with van der Waals surface area (Å²) in [5.41, 5.74) is 8.68. The molecule has 2 heterocycles. The van der Waals surface area contributed by atoms with Crippen molar-refractivity contribution in [2.75, 3.05) is 11.6 Å². The second-order valence-electron chi connectivity index (χ2n) is 6.18. The number of nitrogens with one attached hydrogen (secondary N) is 1. The number of hydrazine groups is 1. The lowest BCUT2D eigenvalue weighted by atomic mass is 10.1. The minimum absolute atomic E-state index is 0.221. The van der Waals surface area contributed by atoms with Crippen LogP contribution in [0.5, 0.6) is 0 Å². The van der Waals surface area contributed by atoms with E-state index in [0.29, 0.717) is 0 Å². The molecule has 0 fully saturated rings. The van der Waals surface area contributed by atoms with Gasteiger partial charge in [0.05, 0.1) is 11.4 Å². The molecule has 2 aromatic carbocycles. The first-order valence-electron chi connectivity index (χ1n) is 10.6. The first-order chi connectivity index (χ1) is 14.6. The molecule has 1 aromatic heterocycles. The molecule has 0 amide bonds. The van der Waals surface area contributed by atoms with Gasteiger partial charge in [-0.05, 0) is 73.5 Å².